The minimum absolute atomic E-state index is 0.0503. The molecule has 2 N–H and O–H groups in total. The molecule has 2 amide bonds. The van der Waals surface area contributed by atoms with Crippen molar-refractivity contribution < 1.29 is 19.1 Å². The number of likely N-dealkylation sites (tertiary alicyclic amines) is 1. The van der Waals surface area contributed by atoms with E-state index in [4.69, 9.17) is 9.47 Å². The first-order chi connectivity index (χ1) is 15.6. The van der Waals surface area contributed by atoms with E-state index in [1.807, 2.05) is 25.3 Å². The molecule has 2 fully saturated rings. The molecule has 170 valence electrons. The summed E-state index contributed by atoms with van der Waals surface area (Å²) in [6.07, 6.45) is 4.57. The molecule has 8 nitrogen and oxygen atoms in total. The monoisotopic (exact) mass is 438 g/mol. The van der Waals surface area contributed by atoms with Gasteiger partial charge in [0, 0.05) is 63.1 Å². The second kappa shape index (κ2) is 10.1. The number of carbonyl (C=O) groups is 2. The quantitative estimate of drug-likeness (QED) is 0.585. The fraction of sp³-hybridized carbons (Fsp3) is 0.458. The third kappa shape index (κ3) is 5.08. The molecule has 0 unspecified atom stereocenters. The molecule has 0 radical (unpaired) electrons. The summed E-state index contributed by atoms with van der Waals surface area (Å²) < 4.78 is 11.5. The summed E-state index contributed by atoms with van der Waals surface area (Å²) in [6, 6.07) is 11.0. The van der Waals surface area contributed by atoms with Crippen LogP contribution in [0.1, 0.15) is 31.2 Å². The fourth-order valence-electron chi connectivity index (χ4n) is 4.10. The predicted octanol–water partition coefficient (Wildman–Crippen LogP) is 2.82. The van der Waals surface area contributed by atoms with E-state index in [1.54, 1.807) is 35.4 Å². The Balaban J connectivity index is 1.30. The number of aromatic nitrogens is 1. The molecule has 2 aliphatic heterocycles. The van der Waals surface area contributed by atoms with Crippen LogP contribution in [0, 0.1) is 0 Å². The summed E-state index contributed by atoms with van der Waals surface area (Å²) >= 11 is 0. The van der Waals surface area contributed by atoms with Crippen molar-refractivity contribution in [1.82, 2.24) is 15.2 Å². The first-order valence-corrected chi connectivity index (χ1v) is 11.2. The lowest BCUT2D eigenvalue weighted by Crippen LogP contribution is -2.50. The highest BCUT2D eigenvalue weighted by atomic mass is 16.5. The van der Waals surface area contributed by atoms with Gasteiger partial charge in [-0.25, -0.2) is 4.79 Å². The molecular weight excluding hydrogens is 408 g/mol. The van der Waals surface area contributed by atoms with Gasteiger partial charge in [0.05, 0.1) is 6.61 Å². The van der Waals surface area contributed by atoms with Crippen molar-refractivity contribution >= 4 is 17.5 Å². The molecule has 8 heteroatoms. The Bertz CT molecular complexity index is 907. The molecular formula is C24H30N4O4. The Hall–Kier alpha value is -2.97. The second-order valence-electron chi connectivity index (χ2n) is 8.24. The largest absolute Gasteiger partial charge is 0.478 e. The summed E-state index contributed by atoms with van der Waals surface area (Å²) in [6.45, 7) is 5.50. The zero-order valence-electron chi connectivity index (χ0n) is 18.4. The van der Waals surface area contributed by atoms with Gasteiger partial charge in [-0.2, -0.15) is 0 Å². The lowest BCUT2D eigenvalue weighted by atomic mass is 9.93. The van der Waals surface area contributed by atoms with Crippen LogP contribution in [0.15, 0.2) is 48.8 Å². The van der Waals surface area contributed by atoms with Crippen LogP contribution >= 0.6 is 0 Å². The van der Waals surface area contributed by atoms with Gasteiger partial charge in [-0.05, 0) is 49.4 Å². The number of anilines is 1. The van der Waals surface area contributed by atoms with E-state index in [-0.39, 0.29) is 11.8 Å². The SMILES string of the molecule is CCOCCC(=O)[C@@]1(Oc2ccc(NC(=O)N3CC(c4cccnc4)C3)cc2)CCNC1. The molecule has 4 rings (SSSR count). The highest BCUT2D eigenvalue weighted by Crippen LogP contribution is 2.29. The van der Waals surface area contributed by atoms with E-state index < -0.39 is 5.60 Å². The minimum Gasteiger partial charge on any atom is -0.478 e. The van der Waals surface area contributed by atoms with E-state index in [9.17, 15) is 9.59 Å². The molecule has 1 atom stereocenters. The smallest absolute Gasteiger partial charge is 0.321 e. The third-order valence-corrected chi connectivity index (χ3v) is 6.05. The van der Waals surface area contributed by atoms with Crippen LogP contribution in [0.5, 0.6) is 5.75 Å². The van der Waals surface area contributed by atoms with Gasteiger partial charge in [0.1, 0.15) is 5.75 Å². The van der Waals surface area contributed by atoms with E-state index in [0.29, 0.717) is 63.0 Å². The van der Waals surface area contributed by atoms with Gasteiger partial charge in [-0.15, -0.1) is 0 Å². The average molecular weight is 439 g/mol. The van der Waals surface area contributed by atoms with Gasteiger partial charge in [0.2, 0.25) is 0 Å². The van der Waals surface area contributed by atoms with E-state index in [1.165, 1.54) is 0 Å². The number of nitrogens with one attached hydrogen (secondary N) is 2. The summed E-state index contributed by atoms with van der Waals surface area (Å²) in [5, 5.41) is 6.15. The number of ether oxygens (including phenoxy) is 2. The zero-order chi connectivity index (χ0) is 22.4. The Labute approximate surface area is 188 Å². The molecule has 2 aliphatic rings. The standard InChI is InChI=1S/C24H30N4O4/c1-2-31-13-9-22(29)24(10-12-26-17-24)32-21-7-5-20(6-8-21)27-23(30)28-15-19(16-28)18-4-3-11-25-14-18/h3-8,11,14,19,26H,2,9-10,12-13,15-17H2,1H3,(H,27,30)/t24-/m1/s1. The number of hydrogen-bond donors (Lipinski definition) is 2. The summed E-state index contributed by atoms with van der Waals surface area (Å²) in [7, 11) is 0. The van der Waals surface area contributed by atoms with Crippen LogP contribution < -0.4 is 15.4 Å². The summed E-state index contributed by atoms with van der Waals surface area (Å²) in [5.74, 6) is 0.994. The number of hydrogen-bond acceptors (Lipinski definition) is 6. The number of carbonyl (C=O) groups excluding carboxylic acids is 2. The molecule has 3 heterocycles. The number of urea groups is 1. The molecule has 32 heavy (non-hydrogen) atoms. The van der Waals surface area contributed by atoms with Crippen LogP contribution in [0.2, 0.25) is 0 Å². The zero-order valence-corrected chi connectivity index (χ0v) is 18.4. The lowest BCUT2D eigenvalue weighted by molar-refractivity contribution is -0.134. The van der Waals surface area contributed by atoms with Crippen LogP contribution in [0.3, 0.4) is 0 Å². The number of rotatable bonds is 9. The highest BCUT2D eigenvalue weighted by molar-refractivity contribution is 5.90. The van der Waals surface area contributed by atoms with Crippen LogP contribution in [0.25, 0.3) is 0 Å². The maximum absolute atomic E-state index is 12.8. The molecule has 1 aromatic heterocycles. The molecule has 0 aliphatic carbocycles. The van der Waals surface area contributed by atoms with Gasteiger partial charge in [0.25, 0.3) is 0 Å². The first kappa shape index (κ1) is 22.2. The van der Waals surface area contributed by atoms with Gasteiger partial charge >= 0.3 is 6.03 Å². The van der Waals surface area contributed by atoms with Crippen molar-refractivity contribution in [3.8, 4) is 5.75 Å². The Morgan fingerprint density at radius 3 is 2.72 bits per heavy atom. The average Bonchev–Trinajstić information content (AvgIpc) is 3.25. The fourth-order valence-corrected chi connectivity index (χ4v) is 4.10. The van der Waals surface area contributed by atoms with Crippen molar-refractivity contribution in [2.24, 2.45) is 0 Å². The minimum atomic E-state index is -0.860. The maximum Gasteiger partial charge on any atom is 0.321 e. The Morgan fingerprint density at radius 1 is 1.25 bits per heavy atom. The van der Waals surface area contributed by atoms with Crippen molar-refractivity contribution in [1.29, 1.82) is 0 Å². The van der Waals surface area contributed by atoms with Crippen molar-refractivity contribution in [2.45, 2.75) is 31.3 Å². The summed E-state index contributed by atoms with van der Waals surface area (Å²) in [5.41, 5.74) is 0.985. The van der Waals surface area contributed by atoms with Crippen molar-refractivity contribution in [2.75, 3.05) is 44.7 Å². The number of ketones is 1. The normalized spacial score (nSPS) is 20.6. The highest BCUT2D eigenvalue weighted by Gasteiger charge is 2.43. The summed E-state index contributed by atoms with van der Waals surface area (Å²) in [4.78, 5) is 31.2. The molecule has 2 aromatic rings. The molecule has 0 saturated carbocycles. The first-order valence-electron chi connectivity index (χ1n) is 11.2. The molecule has 1 aromatic carbocycles. The Kier molecular flexibility index (Phi) is 7.02. The van der Waals surface area contributed by atoms with Crippen molar-refractivity contribution in [3.63, 3.8) is 0 Å². The molecule has 0 spiro atoms. The van der Waals surface area contributed by atoms with Crippen LogP contribution in [0.4, 0.5) is 10.5 Å². The van der Waals surface area contributed by atoms with Crippen LogP contribution in [-0.4, -0.2) is 66.7 Å². The predicted molar refractivity (Wildman–Crippen MR) is 121 cm³/mol. The number of amides is 2. The number of benzene rings is 1. The van der Waals surface area contributed by atoms with E-state index in [0.717, 1.165) is 12.1 Å². The van der Waals surface area contributed by atoms with Gasteiger partial charge < -0.3 is 25.0 Å². The van der Waals surface area contributed by atoms with Gasteiger partial charge in [-0.1, -0.05) is 6.07 Å². The molecule has 0 bridgehead atoms. The van der Waals surface area contributed by atoms with Gasteiger partial charge in [-0.3, -0.25) is 9.78 Å². The topological polar surface area (TPSA) is 92.8 Å². The number of pyridine rings is 1. The third-order valence-electron chi connectivity index (χ3n) is 6.05. The second-order valence-corrected chi connectivity index (χ2v) is 8.24. The lowest BCUT2D eigenvalue weighted by Gasteiger charge is -2.39. The van der Waals surface area contributed by atoms with E-state index >= 15 is 0 Å². The van der Waals surface area contributed by atoms with Gasteiger partial charge in [0.15, 0.2) is 11.4 Å². The molecule has 2 saturated heterocycles. The number of nitrogens with zero attached hydrogens (tertiary/aromatic N) is 2. The van der Waals surface area contributed by atoms with Crippen LogP contribution in [-0.2, 0) is 9.53 Å². The van der Waals surface area contributed by atoms with Crippen molar-refractivity contribution in [3.05, 3.63) is 54.4 Å². The van der Waals surface area contributed by atoms with E-state index in [2.05, 4.69) is 15.6 Å². The number of Topliss-reactive ketones (excluding diaryl/α,β-unsaturated/α-hetero) is 1. The maximum atomic E-state index is 12.8. The Morgan fingerprint density at radius 2 is 2.06 bits per heavy atom.